The van der Waals surface area contributed by atoms with Crippen LogP contribution in [-0.2, 0) is 14.3 Å². The predicted octanol–water partition coefficient (Wildman–Crippen LogP) is 1.96. The van der Waals surface area contributed by atoms with Crippen molar-refractivity contribution in [1.29, 1.82) is 0 Å². The van der Waals surface area contributed by atoms with E-state index in [0.29, 0.717) is 38.3 Å². The smallest absolute Gasteiger partial charge is 0.305 e. The van der Waals surface area contributed by atoms with Crippen LogP contribution in [0.3, 0.4) is 0 Å². The van der Waals surface area contributed by atoms with E-state index >= 15 is 0 Å². The van der Waals surface area contributed by atoms with Crippen molar-refractivity contribution in [3.8, 4) is 0 Å². The Hall–Kier alpha value is -0.0100. The van der Waals surface area contributed by atoms with E-state index in [2.05, 4.69) is 4.90 Å². The van der Waals surface area contributed by atoms with Crippen LogP contribution in [0.15, 0.2) is 0 Å². The van der Waals surface area contributed by atoms with Gasteiger partial charge >= 0.3 is 5.97 Å². The first-order valence-corrected chi connectivity index (χ1v) is 9.08. The molecular weight excluding hydrogens is 314 g/mol. The second kappa shape index (κ2) is 12.5. The normalized spacial score (nSPS) is 14.2. The number of ether oxygens (including phenoxy) is 2. The average Bonchev–Trinajstić information content (AvgIpc) is 2.49. The van der Waals surface area contributed by atoms with Crippen molar-refractivity contribution in [3.63, 3.8) is 0 Å². The summed E-state index contributed by atoms with van der Waals surface area (Å²) in [5.41, 5.74) is -0.444. The summed E-state index contributed by atoms with van der Waals surface area (Å²) in [5.74, 6) is 1.03. The van der Waals surface area contributed by atoms with Crippen LogP contribution >= 0.6 is 23.4 Å². The molecule has 0 rings (SSSR count). The fraction of sp³-hybridized carbons (Fsp3) is 0.929. The van der Waals surface area contributed by atoms with E-state index in [1.807, 2.05) is 6.26 Å². The van der Waals surface area contributed by atoms with E-state index in [1.54, 1.807) is 25.8 Å². The third-order valence-electron chi connectivity index (χ3n) is 3.31. The molecule has 0 spiro atoms. The van der Waals surface area contributed by atoms with Crippen LogP contribution in [0.2, 0.25) is 0 Å². The van der Waals surface area contributed by atoms with Gasteiger partial charge in [-0.25, -0.2) is 0 Å². The van der Waals surface area contributed by atoms with E-state index < -0.39 is 5.54 Å². The number of methoxy groups -OCH3 is 1. The summed E-state index contributed by atoms with van der Waals surface area (Å²) in [5, 5.41) is 9.16. The van der Waals surface area contributed by atoms with Crippen molar-refractivity contribution in [3.05, 3.63) is 0 Å². The number of nitrogens with zero attached hydrogens (tertiary/aromatic N) is 1. The van der Waals surface area contributed by atoms with E-state index in [9.17, 15) is 4.79 Å². The van der Waals surface area contributed by atoms with Crippen LogP contribution in [0.1, 0.15) is 26.2 Å². The summed E-state index contributed by atoms with van der Waals surface area (Å²) in [6, 6.07) is 0. The van der Waals surface area contributed by atoms with E-state index in [1.165, 1.54) is 0 Å². The monoisotopic (exact) mass is 341 g/mol. The number of hydrogen-bond donors (Lipinski definition) is 1. The summed E-state index contributed by atoms with van der Waals surface area (Å²) >= 11 is 7.60. The largest absolute Gasteiger partial charge is 0.464 e. The van der Waals surface area contributed by atoms with Crippen LogP contribution in [0, 0.1) is 0 Å². The fourth-order valence-corrected chi connectivity index (χ4v) is 3.14. The Morgan fingerprint density at radius 2 is 2.14 bits per heavy atom. The first kappa shape index (κ1) is 21.0. The Bertz CT molecular complexity index is 278. The van der Waals surface area contributed by atoms with Crippen molar-refractivity contribution in [2.45, 2.75) is 31.7 Å². The molecule has 0 aliphatic carbocycles. The maximum Gasteiger partial charge on any atom is 0.305 e. The SMILES string of the molecule is CCC(=O)OCC(CCCO)(COC)N(CCCl)CSC. The quantitative estimate of drug-likeness (QED) is 0.314. The Kier molecular flexibility index (Phi) is 12.5. The maximum atomic E-state index is 11.5. The van der Waals surface area contributed by atoms with Crippen molar-refractivity contribution in [2.24, 2.45) is 0 Å². The lowest BCUT2D eigenvalue weighted by atomic mass is 9.93. The molecule has 0 aromatic heterocycles. The number of hydrogen-bond acceptors (Lipinski definition) is 6. The molecule has 1 atom stereocenters. The molecule has 0 aliphatic rings. The van der Waals surface area contributed by atoms with Gasteiger partial charge in [-0.3, -0.25) is 9.69 Å². The highest BCUT2D eigenvalue weighted by molar-refractivity contribution is 7.98. The van der Waals surface area contributed by atoms with Crippen LogP contribution in [0.25, 0.3) is 0 Å². The number of esters is 1. The van der Waals surface area contributed by atoms with Gasteiger partial charge in [0.1, 0.15) is 6.61 Å². The topological polar surface area (TPSA) is 59.0 Å². The van der Waals surface area contributed by atoms with Crippen molar-refractivity contribution >= 4 is 29.3 Å². The lowest BCUT2D eigenvalue weighted by Gasteiger charge is -2.42. The number of halogens is 1. The molecule has 0 saturated heterocycles. The fourth-order valence-electron chi connectivity index (χ4n) is 2.22. The molecule has 0 heterocycles. The minimum Gasteiger partial charge on any atom is -0.464 e. The zero-order chi connectivity index (χ0) is 16.1. The number of thioether (sulfide) groups is 1. The Morgan fingerprint density at radius 3 is 2.62 bits per heavy atom. The lowest BCUT2D eigenvalue weighted by Crippen LogP contribution is -2.56. The standard InChI is InChI=1S/C14H28ClNO4S/c1-4-13(18)20-11-14(10-19-2,6-5-9-17)16(8-7-15)12-21-3/h17H,4-12H2,1-3H3. The summed E-state index contributed by atoms with van der Waals surface area (Å²) in [6.07, 6.45) is 3.68. The van der Waals surface area contributed by atoms with Crippen molar-refractivity contribution in [2.75, 3.05) is 51.5 Å². The molecule has 7 heteroatoms. The van der Waals surface area contributed by atoms with Crippen LogP contribution in [-0.4, -0.2) is 73.0 Å². The number of aliphatic hydroxyl groups excluding tert-OH is 1. The van der Waals surface area contributed by atoms with Gasteiger partial charge in [-0.05, 0) is 19.1 Å². The summed E-state index contributed by atoms with van der Waals surface area (Å²) in [6.45, 7) is 3.24. The predicted molar refractivity (Wildman–Crippen MR) is 88.0 cm³/mol. The summed E-state index contributed by atoms with van der Waals surface area (Å²) in [7, 11) is 1.63. The van der Waals surface area contributed by atoms with E-state index in [0.717, 1.165) is 5.88 Å². The molecule has 0 radical (unpaired) electrons. The first-order chi connectivity index (χ1) is 10.1. The molecule has 0 aromatic carbocycles. The van der Waals surface area contributed by atoms with Gasteiger partial charge in [0.25, 0.3) is 0 Å². The van der Waals surface area contributed by atoms with Crippen LogP contribution in [0.5, 0.6) is 0 Å². The minimum atomic E-state index is -0.444. The highest BCUT2D eigenvalue weighted by atomic mass is 35.5. The van der Waals surface area contributed by atoms with E-state index in [-0.39, 0.29) is 19.2 Å². The number of alkyl halides is 1. The minimum absolute atomic E-state index is 0.0984. The Balaban J connectivity index is 5.14. The number of carbonyl (C=O) groups excluding carboxylic acids is 1. The van der Waals surface area contributed by atoms with Crippen LogP contribution < -0.4 is 0 Å². The molecule has 5 nitrogen and oxygen atoms in total. The van der Waals surface area contributed by atoms with Gasteiger partial charge in [0.05, 0.1) is 12.1 Å². The van der Waals surface area contributed by atoms with Gasteiger partial charge in [0.15, 0.2) is 0 Å². The number of carbonyl (C=O) groups is 1. The molecule has 0 aliphatic heterocycles. The number of rotatable bonds is 13. The van der Waals surface area contributed by atoms with Gasteiger partial charge in [-0.15, -0.1) is 23.4 Å². The molecule has 0 saturated carbocycles. The summed E-state index contributed by atoms with van der Waals surface area (Å²) < 4.78 is 10.8. The van der Waals surface area contributed by atoms with Gasteiger partial charge < -0.3 is 14.6 Å². The Morgan fingerprint density at radius 1 is 1.43 bits per heavy atom. The summed E-state index contributed by atoms with van der Waals surface area (Å²) in [4.78, 5) is 13.7. The second-order valence-electron chi connectivity index (χ2n) is 4.87. The van der Waals surface area contributed by atoms with Crippen LogP contribution in [0.4, 0.5) is 0 Å². The van der Waals surface area contributed by atoms with Crippen molar-refractivity contribution in [1.82, 2.24) is 4.90 Å². The van der Waals surface area contributed by atoms with Crippen molar-refractivity contribution < 1.29 is 19.4 Å². The molecule has 126 valence electrons. The molecule has 21 heavy (non-hydrogen) atoms. The molecule has 0 bridgehead atoms. The first-order valence-electron chi connectivity index (χ1n) is 7.15. The van der Waals surface area contributed by atoms with Gasteiger partial charge in [-0.1, -0.05) is 6.92 Å². The second-order valence-corrected chi connectivity index (χ2v) is 6.08. The zero-order valence-electron chi connectivity index (χ0n) is 13.3. The average molecular weight is 342 g/mol. The molecule has 0 amide bonds. The molecule has 0 aromatic rings. The van der Waals surface area contributed by atoms with Gasteiger partial charge in [-0.2, -0.15) is 0 Å². The molecule has 1 N–H and O–H groups in total. The van der Waals surface area contributed by atoms with Gasteiger partial charge in [0, 0.05) is 38.4 Å². The maximum absolute atomic E-state index is 11.5. The molecule has 0 fully saturated rings. The van der Waals surface area contributed by atoms with E-state index in [4.69, 9.17) is 26.2 Å². The third-order valence-corrected chi connectivity index (χ3v) is 4.05. The number of aliphatic hydroxyl groups is 1. The molecular formula is C14H28ClNO4S. The van der Waals surface area contributed by atoms with Gasteiger partial charge in [0.2, 0.25) is 0 Å². The third kappa shape index (κ3) is 7.70. The molecule has 1 unspecified atom stereocenters. The lowest BCUT2D eigenvalue weighted by molar-refractivity contribution is -0.149. The Labute approximate surface area is 137 Å². The highest BCUT2D eigenvalue weighted by Gasteiger charge is 2.37. The zero-order valence-corrected chi connectivity index (χ0v) is 14.8. The highest BCUT2D eigenvalue weighted by Crippen LogP contribution is 2.25.